The summed E-state index contributed by atoms with van der Waals surface area (Å²) in [4.78, 5) is 41.4. The van der Waals surface area contributed by atoms with E-state index in [2.05, 4.69) is 30.5 Å². The molecule has 2 aliphatic heterocycles. The summed E-state index contributed by atoms with van der Waals surface area (Å²) in [7, 11) is 0. The van der Waals surface area contributed by atoms with E-state index in [0.29, 0.717) is 25.5 Å². The fraction of sp³-hybridized carbons (Fsp3) is 0.526. The number of anilines is 1. The Hall–Kier alpha value is -2.63. The van der Waals surface area contributed by atoms with E-state index in [9.17, 15) is 14.7 Å². The first-order valence-electron chi connectivity index (χ1n) is 9.92. The minimum Gasteiger partial charge on any atom is -0.390 e. The quantitative estimate of drug-likeness (QED) is 0.547. The summed E-state index contributed by atoms with van der Waals surface area (Å²) in [6.45, 7) is 5.00. The predicted molar refractivity (Wildman–Crippen MR) is 111 cm³/mol. The van der Waals surface area contributed by atoms with Gasteiger partial charge in [-0.25, -0.2) is 15.0 Å². The number of aliphatic hydroxyl groups is 1. The highest BCUT2D eigenvalue weighted by Gasteiger charge is 2.28. The molecule has 2 aromatic rings. The number of nitrogens with one attached hydrogen (secondary N) is 2. The molecule has 0 saturated carbocycles. The Morgan fingerprint density at radius 1 is 1.33 bits per heavy atom. The Labute approximate surface area is 178 Å². The zero-order chi connectivity index (χ0) is 21.1. The summed E-state index contributed by atoms with van der Waals surface area (Å²) < 4.78 is 0. The van der Waals surface area contributed by atoms with Gasteiger partial charge in [0, 0.05) is 57.1 Å². The molecule has 3 N–H and O–H groups in total. The highest BCUT2D eigenvalue weighted by molar-refractivity contribution is 7.09. The van der Waals surface area contributed by atoms with Crippen molar-refractivity contribution >= 4 is 29.0 Å². The van der Waals surface area contributed by atoms with Crippen LogP contribution in [0.1, 0.15) is 28.0 Å². The number of likely N-dealkylation sites (tertiary alicyclic amines) is 1. The minimum atomic E-state index is -0.680. The fourth-order valence-corrected chi connectivity index (χ4v) is 4.36. The predicted octanol–water partition coefficient (Wildman–Crippen LogP) is -0.275. The number of aromatic nitrogens is 3. The standard InChI is InChI=1S/C19H25N7O3S/c1-12(27)26-6-13(7-26)24-18-4-15(21-10-22-18)19(29)20-5-14(28)8-25-3-2-17-16(9-25)23-11-30-17/h4,10-11,13-14,28H,2-3,5-9H2,1H3,(H,20,29)(H,21,22,24)/t14-/m0/s1. The number of amides is 2. The molecule has 1 atom stereocenters. The first-order valence-corrected chi connectivity index (χ1v) is 10.8. The lowest BCUT2D eigenvalue weighted by Gasteiger charge is -2.39. The molecule has 0 aliphatic carbocycles. The monoisotopic (exact) mass is 431 g/mol. The van der Waals surface area contributed by atoms with E-state index in [1.54, 1.807) is 29.2 Å². The van der Waals surface area contributed by atoms with Crippen LogP contribution in [-0.2, 0) is 17.8 Å². The summed E-state index contributed by atoms with van der Waals surface area (Å²) in [5.41, 5.74) is 3.17. The van der Waals surface area contributed by atoms with E-state index in [1.165, 1.54) is 11.2 Å². The number of carbonyl (C=O) groups is 2. The largest absolute Gasteiger partial charge is 0.390 e. The number of β-amino-alcohol motifs (C(OH)–C–C–N with tert-alkyl or cyclic N) is 1. The number of rotatable bonds is 7. The molecule has 0 radical (unpaired) electrons. The van der Waals surface area contributed by atoms with Crippen molar-refractivity contribution in [2.24, 2.45) is 0 Å². The van der Waals surface area contributed by atoms with Crippen molar-refractivity contribution in [3.8, 4) is 0 Å². The molecule has 0 unspecified atom stereocenters. The third kappa shape index (κ3) is 4.91. The maximum atomic E-state index is 12.4. The molecule has 10 nitrogen and oxygen atoms in total. The Morgan fingerprint density at radius 2 is 2.17 bits per heavy atom. The lowest BCUT2D eigenvalue weighted by atomic mass is 10.1. The summed E-state index contributed by atoms with van der Waals surface area (Å²) in [5, 5.41) is 16.3. The van der Waals surface area contributed by atoms with Gasteiger partial charge < -0.3 is 20.6 Å². The van der Waals surface area contributed by atoms with Gasteiger partial charge >= 0.3 is 0 Å². The molecule has 0 aromatic carbocycles. The molecule has 0 bridgehead atoms. The van der Waals surface area contributed by atoms with Crippen LogP contribution in [0.15, 0.2) is 17.9 Å². The lowest BCUT2D eigenvalue weighted by Crippen LogP contribution is -2.56. The van der Waals surface area contributed by atoms with Gasteiger partial charge in [0.15, 0.2) is 0 Å². The first-order chi connectivity index (χ1) is 14.5. The summed E-state index contributed by atoms with van der Waals surface area (Å²) in [5.74, 6) is 0.223. The number of nitrogens with zero attached hydrogens (tertiary/aromatic N) is 5. The highest BCUT2D eigenvalue weighted by atomic mass is 32.1. The van der Waals surface area contributed by atoms with Crippen LogP contribution in [0.4, 0.5) is 5.82 Å². The van der Waals surface area contributed by atoms with Gasteiger partial charge in [-0.2, -0.15) is 0 Å². The third-order valence-corrected chi connectivity index (χ3v) is 6.23. The number of fused-ring (bicyclic) bond motifs is 1. The maximum Gasteiger partial charge on any atom is 0.270 e. The van der Waals surface area contributed by atoms with E-state index in [4.69, 9.17) is 0 Å². The fourth-order valence-electron chi connectivity index (χ4n) is 3.59. The Bertz CT molecular complexity index is 915. The SMILES string of the molecule is CC(=O)N1CC(Nc2cc(C(=O)NC[C@H](O)CN3CCc4scnc4C3)ncn2)C1. The zero-order valence-electron chi connectivity index (χ0n) is 16.7. The molecule has 1 saturated heterocycles. The van der Waals surface area contributed by atoms with Gasteiger partial charge in [-0.1, -0.05) is 0 Å². The smallest absolute Gasteiger partial charge is 0.270 e. The topological polar surface area (TPSA) is 124 Å². The van der Waals surface area contributed by atoms with Crippen molar-refractivity contribution in [2.75, 3.05) is 38.0 Å². The van der Waals surface area contributed by atoms with Crippen molar-refractivity contribution in [3.05, 3.63) is 34.2 Å². The molecule has 1 fully saturated rings. The highest BCUT2D eigenvalue weighted by Crippen LogP contribution is 2.21. The van der Waals surface area contributed by atoms with E-state index >= 15 is 0 Å². The Morgan fingerprint density at radius 3 is 2.97 bits per heavy atom. The molecule has 160 valence electrons. The van der Waals surface area contributed by atoms with Crippen molar-refractivity contribution < 1.29 is 14.7 Å². The van der Waals surface area contributed by atoms with Gasteiger partial charge in [0.1, 0.15) is 17.8 Å². The third-order valence-electron chi connectivity index (χ3n) is 5.30. The molecular formula is C19H25N7O3S. The Balaban J connectivity index is 1.22. The van der Waals surface area contributed by atoms with Gasteiger partial charge in [-0.15, -0.1) is 11.3 Å². The van der Waals surface area contributed by atoms with Gasteiger partial charge in [0.05, 0.1) is 23.4 Å². The number of carbonyl (C=O) groups excluding carboxylic acids is 2. The van der Waals surface area contributed by atoms with Crippen LogP contribution in [0.25, 0.3) is 0 Å². The van der Waals surface area contributed by atoms with Crippen LogP contribution < -0.4 is 10.6 Å². The number of aliphatic hydroxyl groups excluding tert-OH is 1. The minimum absolute atomic E-state index is 0.0472. The van der Waals surface area contributed by atoms with Crippen LogP contribution in [0.3, 0.4) is 0 Å². The normalized spacial score (nSPS) is 17.7. The molecule has 2 aromatic heterocycles. The second kappa shape index (κ2) is 9.02. The summed E-state index contributed by atoms with van der Waals surface area (Å²) >= 11 is 1.68. The molecular weight excluding hydrogens is 406 g/mol. The zero-order valence-corrected chi connectivity index (χ0v) is 17.6. The average Bonchev–Trinajstić information content (AvgIpc) is 3.16. The van der Waals surface area contributed by atoms with Crippen LogP contribution in [0.5, 0.6) is 0 Å². The van der Waals surface area contributed by atoms with Crippen LogP contribution >= 0.6 is 11.3 Å². The molecule has 2 aliphatic rings. The number of thiazole rings is 1. The van der Waals surface area contributed by atoms with E-state index < -0.39 is 6.10 Å². The average molecular weight is 432 g/mol. The number of hydrogen-bond donors (Lipinski definition) is 3. The number of hydrogen-bond acceptors (Lipinski definition) is 9. The molecule has 0 spiro atoms. The van der Waals surface area contributed by atoms with Gasteiger partial charge in [-0.05, 0) is 6.42 Å². The molecule has 30 heavy (non-hydrogen) atoms. The second-order valence-electron chi connectivity index (χ2n) is 7.62. The Kier molecular flexibility index (Phi) is 6.21. The van der Waals surface area contributed by atoms with Gasteiger partial charge in [0.2, 0.25) is 5.91 Å². The van der Waals surface area contributed by atoms with E-state index in [-0.39, 0.29) is 30.1 Å². The second-order valence-corrected chi connectivity index (χ2v) is 8.56. The summed E-state index contributed by atoms with van der Waals surface area (Å²) in [6, 6.07) is 1.69. The van der Waals surface area contributed by atoms with Crippen LogP contribution in [0.2, 0.25) is 0 Å². The first kappa shape index (κ1) is 20.6. The lowest BCUT2D eigenvalue weighted by molar-refractivity contribution is -0.132. The molecule has 4 heterocycles. The van der Waals surface area contributed by atoms with E-state index in [1.807, 2.05) is 5.51 Å². The van der Waals surface area contributed by atoms with Crippen molar-refractivity contribution in [2.45, 2.75) is 32.0 Å². The summed E-state index contributed by atoms with van der Waals surface area (Å²) in [6.07, 6.45) is 1.59. The van der Waals surface area contributed by atoms with Crippen molar-refractivity contribution in [1.82, 2.24) is 30.1 Å². The van der Waals surface area contributed by atoms with Crippen molar-refractivity contribution in [3.63, 3.8) is 0 Å². The van der Waals surface area contributed by atoms with Crippen molar-refractivity contribution in [1.29, 1.82) is 0 Å². The maximum absolute atomic E-state index is 12.4. The van der Waals surface area contributed by atoms with Gasteiger partial charge in [0.25, 0.3) is 5.91 Å². The van der Waals surface area contributed by atoms with Crippen LogP contribution in [0, 0.1) is 0 Å². The molecule has 2 amide bonds. The molecule has 11 heteroatoms. The van der Waals surface area contributed by atoms with Crippen LogP contribution in [-0.4, -0.2) is 86.5 Å². The molecule has 4 rings (SSSR count). The van der Waals surface area contributed by atoms with Gasteiger partial charge in [-0.3, -0.25) is 14.5 Å². The van der Waals surface area contributed by atoms with E-state index in [0.717, 1.165) is 25.2 Å².